The first-order valence-corrected chi connectivity index (χ1v) is 14.6. The number of hydrogen-bond acceptors (Lipinski definition) is 6. The molecule has 1 aliphatic carbocycles. The Morgan fingerprint density at radius 3 is 2.18 bits per heavy atom. The smallest absolute Gasteiger partial charge is 0.268 e. The van der Waals surface area contributed by atoms with Gasteiger partial charge in [0.2, 0.25) is 11.7 Å². The van der Waals surface area contributed by atoms with Crippen LogP contribution in [0.1, 0.15) is 16.9 Å². The maximum absolute atomic E-state index is 13.9. The van der Waals surface area contributed by atoms with Crippen molar-refractivity contribution >= 4 is 56.4 Å². The van der Waals surface area contributed by atoms with Gasteiger partial charge in [0, 0.05) is 16.3 Å². The maximum Gasteiger partial charge on any atom is 0.268 e. The number of nitrogens with zero attached hydrogens (tertiary/aromatic N) is 5. The van der Waals surface area contributed by atoms with Crippen LogP contribution >= 0.6 is 23.1 Å². The fourth-order valence-corrected chi connectivity index (χ4v) is 7.46. The van der Waals surface area contributed by atoms with Crippen molar-refractivity contribution in [2.45, 2.75) is 24.4 Å². The lowest BCUT2D eigenvalue weighted by molar-refractivity contribution is -0.115. The third-order valence-corrected chi connectivity index (χ3v) is 9.15. The van der Waals surface area contributed by atoms with Crippen molar-refractivity contribution in [2.24, 2.45) is 0 Å². The summed E-state index contributed by atoms with van der Waals surface area (Å²) in [7, 11) is 0. The minimum atomic E-state index is -0.0737. The summed E-state index contributed by atoms with van der Waals surface area (Å²) in [4.78, 5) is 31.4. The summed E-state index contributed by atoms with van der Waals surface area (Å²) in [5.41, 5.74) is 3.42. The van der Waals surface area contributed by atoms with Gasteiger partial charge in [-0.05, 0) is 61.2 Å². The molecule has 0 unspecified atom stereocenters. The molecule has 0 aliphatic heterocycles. The number of rotatable bonds is 6. The lowest BCUT2D eigenvalue weighted by atomic mass is 10.2. The Hall–Kier alpha value is -4.21. The van der Waals surface area contributed by atoms with Crippen LogP contribution in [0, 0.1) is 0 Å². The minimum absolute atomic E-state index is 0.0672. The number of hydrogen-bond donors (Lipinski definition) is 0. The number of benzene rings is 3. The van der Waals surface area contributed by atoms with Crippen molar-refractivity contribution in [2.75, 3.05) is 10.7 Å². The average molecular weight is 550 g/mol. The molecule has 0 fully saturated rings. The number of carbonyl (C=O) groups excluding carboxylic acids is 1. The van der Waals surface area contributed by atoms with Crippen LogP contribution in [0.5, 0.6) is 0 Å². The quantitative estimate of drug-likeness (QED) is 0.237. The number of anilines is 2. The Bertz CT molecular complexity index is 1840. The van der Waals surface area contributed by atoms with E-state index in [-0.39, 0.29) is 17.2 Å². The highest BCUT2D eigenvalue weighted by atomic mass is 32.2. The summed E-state index contributed by atoms with van der Waals surface area (Å²) in [5, 5.41) is 10.3. The minimum Gasteiger partial charge on any atom is -0.280 e. The zero-order chi connectivity index (χ0) is 26.3. The fourth-order valence-electron chi connectivity index (χ4n) is 5.24. The first-order chi connectivity index (χ1) is 19.2. The predicted octanol–water partition coefficient (Wildman–Crippen LogP) is 6.04. The third kappa shape index (κ3) is 4.05. The van der Waals surface area contributed by atoms with Crippen LogP contribution in [0.25, 0.3) is 21.7 Å². The standard InChI is InChI=1S/C30H23N5O2S2/c36-25(33(20-11-4-1-5-12-20)21-13-6-2-7-14-21)19-38-30-32-31-29-34(22-15-8-3-9-16-22)27(37)26-23-17-10-18-24(23)39-28(26)35(29)30/h1-9,11-16H,10,17-19H2. The summed E-state index contributed by atoms with van der Waals surface area (Å²) in [6.45, 7) is 0. The van der Waals surface area contributed by atoms with Crippen LogP contribution in [0.2, 0.25) is 0 Å². The fraction of sp³-hybridized carbons (Fsp3) is 0.133. The molecule has 7 rings (SSSR count). The molecule has 3 aromatic carbocycles. The van der Waals surface area contributed by atoms with Crippen molar-refractivity contribution in [3.8, 4) is 5.69 Å². The SMILES string of the molecule is O=C(CSc1nnc2n(-c3ccccc3)c(=O)c3c4c(sc3n12)CCC4)N(c1ccccc1)c1ccccc1. The Balaban J connectivity index is 1.33. The van der Waals surface area contributed by atoms with Crippen molar-refractivity contribution in [1.82, 2.24) is 19.2 Å². The van der Waals surface area contributed by atoms with Crippen LogP contribution in [0.3, 0.4) is 0 Å². The molecule has 0 radical (unpaired) electrons. The zero-order valence-electron chi connectivity index (χ0n) is 20.9. The molecule has 3 aromatic heterocycles. The van der Waals surface area contributed by atoms with Crippen LogP contribution in [0.15, 0.2) is 101 Å². The molecule has 6 aromatic rings. The molecule has 1 amide bonds. The molecule has 9 heteroatoms. The molecule has 3 heterocycles. The summed E-state index contributed by atoms with van der Waals surface area (Å²) < 4.78 is 3.60. The molecule has 39 heavy (non-hydrogen) atoms. The molecule has 192 valence electrons. The van der Waals surface area contributed by atoms with Crippen molar-refractivity contribution in [3.63, 3.8) is 0 Å². The van der Waals surface area contributed by atoms with Crippen molar-refractivity contribution in [3.05, 3.63) is 112 Å². The number of fused-ring (bicyclic) bond motifs is 5. The number of amides is 1. The number of aromatic nitrogens is 4. The summed E-state index contributed by atoms with van der Waals surface area (Å²) in [5.74, 6) is 0.536. The molecule has 0 spiro atoms. The van der Waals surface area contributed by atoms with Gasteiger partial charge in [0.25, 0.3) is 5.56 Å². The maximum atomic E-state index is 13.9. The average Bonchev–Trinajstić information content (AvgIpc) is 3.69. The summed E-state index contributed by atoms with van der Waals surface area (Å²) in [6.07, 6.45) is 2.94. The van der Waals surface area contributed by atoms with Gasteiger partial charge in [-0.2, -0.15) is 0 Å². The van der Waals surface area contributed by atoms with Gasteiger partial charge in [-0.1, -0.05) is 66.4 Å². The van der Waals surface area contributed by atoms with Crippen LogP contribution in [-0.4, -0.2) is 30.8 Å². The number of thiophene rings is 1. The van der Waals surface area contributed by atoms with E-state index in [1.165, 1.54) is 16.6 Å². The molecule has 0 bridgehead atoms. The second kappa shape index (κ2) is 9.83. The molecule has 0 N–H and O–H groups in total. The topological polar surface area (TPSA) is 72.5 Å². The van der Waals surface area contributed by atoms with Gasteiger partial charge >= 0.3 is 0 Å². The van der Waals surface area contributed by atoms with E-state index in [1.807, 2.05) is 95.4 Å². The normalized spacial score (nSPS) is 12.7. The highest BCUT2D eigenvalue weighted by Gasteiger charge is 2.27. The van der Waals surface area contributed by atoms with Crippen molar-refractivity contribution in [1.29, 1.82) is 0 Å². The zero-order valence-corrected chi connectivity index (χ0v) is 22.5. The molecule has 7 nitrogen and oxygen atoms in total. The Kier molecular flexibility index (Phi) is 6.02. The van der Waals surface area contributed by atoms with Crippen molar-refractivity contribution < 1.29 is 4.79 Å². The van der Waals surface area contributed by atoms with Crippen LogP contribution < -0.4 is 10.5 Å². The molecule has 1 aliphatic rings. The highest BCUT2D eigenvalue weighted by molar-refractivity contribution is 7.99. The number of carbonyl (C=O) groups is 1. The van der Waals surface area contributed by atoms with E-state index in [1.54, 1.807) is 20.8 Å². The third-order valence-electron chi connectivity index (χ3n) is 6.96. The van der Waals surface area contributed by atoms with Gasteiger partial charge in [-0.15, -0.1) is 21.5 Å². The first-order valence-electron chi connectivity index (χ1n) is 12.8. The van der Waals surface area contributed by atoms with Gasteiger partial charge in [-0.25, -0.2) is 8.97 Å². The Labute approximate surface area is 232 Å². The summed E-state index contributed by atoms with van der Waals surface area (Å²) >= 11 is 2.99. The van der Waals surface area contributed by atoms with Gasteiger partial charge in [0.1, 0.15) is 4.83 Å². The van der Waals surface area contributed by atoms with Gasteiger partial charge in [0.15, 0.2) is 5.16 Å². The number of thioether (sulfide) groups is 1. The van der Waals surface area contributed by atoms with Gasteiger partial charge in [-0.3, -0.25) is 14.5 Å². The van der Waals surface area contributed by atoms with E-state index in [2.05, 4.69) is 10.2 Å². The van der Waals surface area contributed by atoms with Gasteiger partial charge in [0.05, 0.1) is 16.8 Å². The lowest BCUT2D eigenvalue weighted by Crippen LogP contribution is -2.27. The van der Waals surface area contributed by atoms with Crippen LogP contribution in [0.4, 0.5) is 11.4 Å². The molecule has 0 saturated heterocycles. The Morgan fingerprint density at radius 1 is 0.872 bits per heavy atom. The molecular weight excluding hydrogens is 526 g/mol. The second-order valence-electron chi connectivity index (χ2n) is 9.32. The van der Waals surface area contributed by atoms with E-state index in [0.717, 1.165) is 52.1 Å². The van der Waals surface area contributed by atoms with E-state index in [9.17, 15) is 9.59 Å². The second-order valence-corrected chi connectivity index (χ2v) is 11.3. The van der Waals surface area contributed by atoms with E-state index < -0.39 is 0 Å². The summed E-state index contributed by atoms with van der Waals surface area (Å²) in [6, 6.07) is 28.8. The van der Waals surface area contributed by atoms with E-state index >= 15 is 0 Å². The largest absolute Gasteiger partial charge is 0.280 e. The highest BCUT2D eigenvalue weighted by Crippen LogP contribution is 2.37. The van der Waals surface area contributed by atoms with Gasteiger partial charge < -0.3 is 0 Å². The molecule has 0 saturated carbocycles. The number of para-hydroxylation sites is 3. The van der Waals surface area contributed by atoms with E-state index in [4.69, 9.17) is 0 Å². The van der Waals surface area contributed by atoms with Crippen LogP contribution in [-0.2, 0) is 17.6 Å². The van der Waals surface area contributed by atoms with E-state index in [0.29, 0.717) is 10.9 Å². The predicted molar refractivity (Wildman–Crippen MR) is 157 cm³/mol. The molecular formula is C30H23N5O2S2. The monoisotopic (exact) mass is 549 g/mol. The first kappa shape index (κ1) is 23.9. The lowest BCUT2D eigenvalue weighted by Gasteiger charge is -2.22. The molecule has 0 atom stereocenters. The Morgan fingerprint density at radius 2 is 1.51 bits per heavy atom. The number of aryl methyl sites for hydroxylation is 2.